The van der Waals surface area contributed by atoms with Gasteiger partial charge in [0.1, 0.15) is 18.3 Å². The lowest BCUT2D eigenvalue weighted by Gasteiger charge is -2.44. The highest BCUT2D eigenvalue weighted by molar-refractivity contribution is 6.23. The number of hydrogen-bond acceptors (Lipinski definition) is 29. The van der Waals surface area contributed by atoms with Crippen LogP contribution in [0.5, 0.6) is 97.7 Å². The van der Waals surface area contributed by atoms with Crippen LogP contribution in [0.2, 0.25) is 0 Å². The maximum absolute atomic E-state index is 15.2. The van der Waals surface area contributed by atoms with Crippen molar-refractivity contribution in [2.75, 3.05) is 6.61 Å². The summed E-state index contributed by atoms with van der Waals surface area (Å²) in [5.74, 6) is -32.9. The van der Waals surface area contributed by atoms with Gasteiger partial charge in [0.2, 0.25) is 46.9 Å². The quantitative estimate of drug-likeness (QED) is 0.0667. The van der Waals surface area contributed by atoms with E-state index in [2.05, 4.69) is 0 Å². The van der Waals surface area contributed by atoms with Gasteiger partial charge in [-0.1, -0.05) is 0 Å². The first-order valence-electron chi connectivity index (χ1n) is 21.6. The van der Waals surface area contributed by atoms with Crippen molar-refractivity contribution >= 4 is 57.8 Å². The van der Waals surface area contributed by atoms with Crippen LogP contribution in [0.15, 0.2) is 46.9 Å². The number of hydrogen-bond donors (Lipinski definition) is 16. The third-order valence-corrected chi connectivity index (χ3v) is 12.4. The molecule has 7 aromatic rings. The molecule has 0 unspecified atom stereocenters. The second-order valence-electron chi connectivity index (χ2n) is 17.0. The molecule has 30 heteroatoms. The molecular formula is C48H30O30. The molecular weight excluding hydrogens is 1060 g/mol. The number of phenolic OH excluding ortho intramolecular Hbond substituents is 15. The molecule has 1 saturated heterocycles. The Morgan fingerprint density at radius 1 is 0.474 bits per heavy atom. The standard InChI is InChI=1S/C48H30O30/c49-15-1-9(2-16(50)27(15)55)43(66)78-48-41-40-37(75-45(68)11-4-19(53)30(58)38-25(11)26-12(46(69)77-41)5-20(54)31(59)39(26)74-38)22(73-48)8-71-44(67)10-3-17(51)28(56)33(61)23(10)24-13(47(70)76-40)7-21(32(60)34(24)62)72-36-14(42(64)65)6-18(52)29(57)35(36)63/h1-7,22,37,40-41,48-63H,8H2,(H,64,65)/t22-,37-,40+,41-,48+/m1/s1. The fraction of sp³-hybridized carbons (Fsp3) is 0.125. The van der Waals surface area contributed by atoms with Gasteiger partial charge in [0.15, 0.2) is 86.6 Å². The number of cyclic esters (lactones) is 1. The Morgan fingerprint density at radius 2 is 0.936 bits per heavy atom. The summed E-state index contributed by atoms with van der Waals surface area (Å²) in [6.07, 6.45) is -12.5. The number of carbonyl (C=O) groups is 6. The summed E-state index contributed by atoms with van der Waals surface area (Å²) in [7, 11) is 0. The van der Waals surface area contributed by atoms with Crippen LogP contribution in [0.4, 0.5) is 0 Å². The molecule has 10 rings (SSSR count). The molecule has 3 aliphatic heterocycles. The van der Waals surface area contributed by atoms with Crippen molar-refractivity contribution in [3.63, 3.8) is 0 Å². The van der Waals surface area contributed by atoms with E-state index in [0.717, 1.165) is 0 Å². The van der Waals surface area contributed by atoms with Gasteiger partial charge in [-0.15, -0.1) is 0 Å². The lowest BCUT2D eigenvalue weighted by atomic mass is 9.91. The second-order valence-corrected chi connectivity index (χ2v) is 17.0. The molecule has 4 bridgehead atoms. The van der Waals surface area contributed by atoms with Crippen LogP contribution in [0.25, 0.3) is 33.1 Å². The van der Waals surface area contributed by atoms with E-state index in [1.54, 1.807) is 0 Å². The number of aromatic hydroxyl groups is 15. The van der Waals surface area contributed by atoms with Crippen LogP contribution in [0.1, 0.15) is 62.1 Å². The number of carboxylic acids is 1. The van der Waals surface area contributed by atoms with Crippen LogP contribution >= 0.6 is 0 Å². The number of ether oxygens (including phenoxy) is 7. The van der Waals surface area contributed by atoms with Crippen molar-refractivity contribution in [2.45, 2.75) is 30.7 Å². The molecule has 78 heavy (non-hydrogen) atoms. The highest BCUT2D eigenvalue weighted by atomic mass is 16.7. The van der Waals surface area contributed by atoms with Gasteiger partial charge in [-0.25, -0.2) is 28.8 Å². The SMILES string of the molecule is O=C(O[C@@H]1O[C@@H]2COC(=O)c3cc(O)c(O)c(O)c3-c3c(cc(Oc4c(C(=O)O)cc(O)c(O)c4O)c(O)c3O)C(=O)O[C@@H]3[C@H]1OC(=O)c1cc(O)c(O)c4oc5c(O)c(O)cc(c5c14)C(=O)O[C@@H]32)c1cc(O)c(O)c(O)c1. The van der Waals surface area contributed by atoms with Crippen LogP contribution in [0.3, 0.4) is 0 Å². The number of furan rings is 1. The average molecular weight is 1090 g/mol. The molecule has 16 N–H and O–H groups in total. The topological polar surface area (TPSA) is 504 Å². The van der Waals surface area contributed by atoms with Gasteiger partial charge in [0.05, 0.1) is 27.8 Å². The van der Waals surface area contributed by atoms with E-state index in [4.69, 9.17) is 37.6 Å². The summed E-state index contributed by atoms with van der Waals surface area (Å²) >= 11 is 0. The van der Waals surface area contributed by atoms with Crippen LogP contribution in [-0.4, -0.2) is 155 Å². The molecule has 0 saturated carbocycles. The maximum Gasteiger partial charge on any atom is 0.340 e. The Kier molecular flexibility index (Phi) is 11.4. The monoisotopic (exact) mass is 1090 g/mol. The summed E-state index contributed by atoms with van der Waals surface area (Å²) in [6, 6.07) is 3.28. The smallest absolute Gasteiger partial charge is 0.340 e. The van der Waals surface area contributed by atoms with Gasteiger partial charge in [0.25, 0.3) is 0 Å². The number of fused-ring (bicyclic) bond motifs is 3. The Labute approximate surface area is 427 Å². The van der Waals surface area contributed by atoms with E-state index in [0.29, 0.717) is 42.5 Å². The predicted octanol–water partition coefficient (Wildman–Crippen LogP) is 3.37. The van der Waals surface area contributed by atoms with E-state index < -0.39 is 237 Å². The third-order valence-electron chi connectivity index (χ3n) is 12.4. The van der Waals surface area contributed by atoms with Gasteiger partial charge in [0, 0.05) is 34.0 Å². The summed E-state index contributed by atoms with van der Waals surface area (Å²) in [5.41, 5.74) is -10.3. The number of phenols is 15. The number of carbonyl (C=O) groups excluding carboxylic acids is 5. The Hall–Kier alpha value is -11.3. The summed E-state index contributed by atoms with van der Waals surface area (Å²) in [4.78, 5) is 85.2. The van der Waals surface area contributed by atoms with Crippen molar-refractivity contribution < 1.29 is 148 Å². The average Bonchev–Trinajstić information content (AvgIpc) is 3.94. The van der Waals surface area contributed by atoms with Crippen molar-refractivity contribution in [1.29, 1.82) is 0 Å². The first-order valence-corrected chi connectivity index (χ1v) is 21.6. The zero-order chi connectivity index (χ0) is 56.4. The van der Waals surface area contributed by atoms with Crippen LogP contribution < -0.4 is 4.74 Å². The fourth-order valence-corrected chi connectivity index (χ4v) is 8.77. The number of esters is 5. The molecule has 0 aliphatic carbocycles. The minimum Gasteiger partial charge on any atom is -0.504 e. The first-order chi connectivity index (χ1) is 36.8. The van der Waals surface area contributed by atoms with E-state index in [9.17, 15) is 106 Å². The third kappa shape index (κ3) is 7.61. The maximum atomic E-state index is 15.2. The highest BCUT2D eigenvalue weighted by Gasteiger charge is 2.56. The molecule has 402 valence electrons. The molecule has 0 radical (unpaired) electrons. The fourth-order valence-electron chi connectivity index (χ4n) is 8.77. The largest absolute Gasteiger partial charge is 0.504 e. The molecule has 4 heterocycles. The summed E-state index contributed by atoms with van der Waals surface area (Å²) in [5, 5.41) is 170. The van der Waals surface area contributed by atoms with Gasteiger partial charge in [-0.05, 0) is 30.3 Å². The zero-order valence-corrected chi connectivity index (χ0v) is 38.0. The van der Waals surface area contributed by atoms with Crippen molar-refractivity contribution in [1.82, 2.24) is 0 Å². The molecule has 0 amide bonds. The van der Waals surface area contributed by atoms with E-state index in [1.807, 2.05) is 0 Å². The number of rotatable bonds is 5. The van der Waals surface area contributed by atoms with Crippen LogP contribution in [0, 0.1) is 0 Å². The zero-order valence-electron chi connectivity index (χ0n) is 38.0. The minimum absolute atomic E-state index is 0.326. The second kappa shape index (κ2) is 17.7. The molecule has 1 aromatic heterocycles. The Bertz CT molecular complexity index is 3870. The summed E-state index contributed by atoms with van der Waals surface area (Å²) in [6.45, 7) is -1.32. The number of carboxylic acid groups (broad SMARTS) is 1. The molecule has 0 spiro atoms. The van der Waals surface area contributed by atoms with Crippen molar-refractivity contribution in [3.05, 3.63) is 75.8 Å². The minimum atomic E-state index is -2.62. The Morgan fingerprint density at radius 3 is 1.51 bits per heavy atom. The lowest BCUT2D eigenvalue weighted by Crippen LogP contribution is -2.63. The first kappa shape index (κ1) is 50.2. The summed E-state index contributed by atoms with van der Waals surface area (Å²) < 4.78 is 45.5. The molecule has 30 nitrogen and oxygen atoms in total. The molecule has 6 aromatic carbocycles. The molecule has 1 fully saturated rings. The normalized spacial score (nSPS) is 18.9. The lowest BCUT2D eigenvalue weighted by molar-refractivity contribution is -0.282. The highest BCUT2D eigenvalue weighted by Crippen LogP contribution is 2.56. The number of aromatic carboxylic acids is 1. The van der Waals surface area contributed by atoms with Gasteiger partial charge in [-0.3, -0.25) is 0 Å². The number of benzene rings is 6. The van der Waals surface area contributed by atoms with Gasteiger partial charge in [-0.2, -0.15) is 0 Å². The van der Waals surface area contributed by atoms with Crippen LogP contribution in [-0.2, 0) is 28.4 Å². The van der Waals surface area contributed by atoms with E-state index in [-0.39, 0.29) is 0 Å². The van der Waals surface area contributed by atoms with E-state index >= 15 is 4.79 Å². The molecule has 5 atom stereocenters. The van der Waals surface area contributed by atoms with E-state index in [1.165, 1.54) is 0 Å². The Balaban J connectivity index is 1.23. The van der Waals surface area contributed by atoms with Crippen molar-refractivity contribution in [3.8, 4) is 109 Å². The van der Waals surface area contributed by atoms with Gasteiger partial charge >= 0.3 is 35.8 Å². The van der Waals surface area contributed by atoms with Gasteiger partial charge < -0.3 is 119 Å². The predicted molar refractivity (Wildman–Crippen MR) is 242 cm³/mol. The van der Waals surface area contributed by atoms with Crippen molar-refractivity contribution in [2.24, 2.45) is 0 Å². The molecule has 3 aliphatic rings.